The number of nitrogens with one attached hydrogen (secondary N) is 2. The Labute approximate surface area is 179 Å². The fourth-order valence-electron chi connectivity index (χ4n) is 2.82. The lowest BCUT2D eigenvalue weighted by atomic mass is 9.98. The highest BCUT2D eigenvalue weighted by Crippen LogP contribution is 2.24. The van der Waals surface area contributed by atoms with Crippen molar-refractivity contribution in [2.24, 2.45) is 0 Å². The summed E-state index contributed by atoms with van der Waals surface area (Å²) in [5.41, 5.74) is 2.14. The first-order chi connectivity index (χ1) is 13.9. The number of ether oxygens (including phenoxy) is 1. The Morgan fingerprint density at radius 2 is 1.80 bits per heavy atom. The summed E-state index contributed by atoms with van der Waals surface area (Å²) in [6.07, 6.45) is 0.867. The number of aryl methyl sites for hydroxylation is 2. The van der Waals surface area contributed by atoms with Crippen molar-refractivity contribution in [2.75, 3.05) is 13.1 Å². The summed E-state index contributed by atoms with van der Waals surface area (Å²) >= 11 is 0. The lowest BCUT2D eigenvalue weighted by Gasteiger charge is -2.31. The van der Waals surface area contributed by atoms with Gasteiger partial charge in [0.1, 0.15) is 18.2 Å². The summed E-state index contributed by atoms with van der Waals surface area (Å²) < 4.78 is 5.18. The highest BCUT2D eigenvalue weighted by molar-refractivity contribution is 5.90. The third-order valence-electron chi connectivity index (χ3n) is 4.27. The van der Waals surface area contributed by atoms with Gasteiger partial charge in [0.15, 0.2) is 0 Å². The van der Waals surface area contributed by atoms with E-state index < -0.39 is 23.6 Å². The zero-order valence-corrected chi connectivity index (χ0v) is 19.2. The molecule has 30 heavy (non-hydrogen) atoms. The lowest BCUT2D eigenvalue weighted by Crippen LogP contribution is -2.48. The molecule has 1 unspecified atom stereocenters. The van der Waals surface area contributed by atoms with Crippen LogP contribution in [-0.4, -0.2) is 47.5 Å². The molecule has 166 valence electrons. The molecule has 0 aliphatic heterocycles. The molecule has 1 rings (SSSR count). The molecule has 0 aliphatic carbocycles. The molecule has 1 aromatic rings. The van der Waals surface area contributed by atoms with Crippen LogP contribution in [0.5, 0.6) is 0 Å². The summed E-state index contributed by atoms with van der Waals surface area (Å²) in [5.74, 6) is -0.705. The van der Waals surface area contributed by atoms with Crippen molar-refractivity contribution < 1.29 is 19.1 Å². The van der Waals surface area contributed by atoms with Crippen molar-refractivity contribution in [3.8, 4) is 0 Å². The second kappa shape index (κ2) is 10.8. The van der Waals surface area contributed by atoms with E-state index in [-0.39, 0.29) is 25.0 Å². The third kappa shape index (κ3) is 7.89. The van der Waals surface area contributed by atoms with Gasteiger partial charge in [-0.3, -0.25) is 9.59 Å². The second-order valence-corrected chi connectivity index (χ2v) is 8.60. The maximum absolute atomic E-state index is 13.0. The van der Waals surface area contributed by atoms with E-state index in [0.29, 0.717) is 5.56 Å². The number of hydrogen-bond acceptors (Lipinski definition) is 4. The summed E-state index contributed by atoms with van der Waals surface area (Å²) in [4.78, 5) is 39.4. The zero-order chi connectivity index (χ0) is 23.1. The maximum atomic E-state index is 13.0. The Kier molecular flexibility index (Phi) is 9.08. The SMILES string of the molecule is C=CCN(C(=O)CNC(=O)OC(C)(C)C)C(C(=O)NC(C)C)c1ccc(C)c(C)c1. The average molecular weight is 418 g/mol. The van der Waals surface area contributed by atoms with Gasteiger partial charge in [0.05, 0.1) is 0 Å². The van der Waals surface area contributed by atoms with Gasteiger partial charge in [-0.2, -0.15) is 0 Å². The number of rotatable bonds is 8. The molecule has 0 saturated heterocycles. The van der Waals surface area contributed by atoms with Crippen molar-refractivity contribution in [1.29, 1.82) is 0 Å². The Morgan fingerprint density at radius 1 is 1.17 bits per heavy atom. The van der Waals surface area contributed by atoms with E-state index in [1.54, 1.807) is 26.8 Å². The minimum Gasteiger partial charge on any atom is -0.444 e. The number of hydrogen-bond donors (Lipinski definition) is 2. The third-order valence-corrected chi connectivity index (χ3v) is 4.27. The van der Waals surface area contributed by atoms with Crippen LogP contribution in [0.15, 0.2) is 30.9 Å². The molecule has 1 atom stereocenters. The molecule has 1 aromatic carbocycles. The molecule has 3 amide bonds. The minimum absolute atomic E-state index is 0.0906. The fraction of sp³-hybridized carbons (Fsp3) is 0.522. The largest absolute Gasteiger partial charge is 0.444 e. The predicted octanol–water partition coefficient (Wildman–Crippen LogP) is 3.41. The Bertz CT molecular complexity index is 781. The molecule has 2 N–H and O–H groups in total. The van der Waals surface area contributed by atoms with Gasteiger partial charge in [-0.25, -0.2) is 4.79 Å². The van der Waals surface area contributed by atoms with Crippen LogP contribution >= 0.6 is 0 Å². The first-order valence-electron chi connectivity index (χ1n) is 10.1. The Morgan fingerprint density at radius 3 is 2.30 bits per heavy atom. The zero-order valence-electron chi connectivity index (χ0n) is 19.2. The molecule has 0 heterocycles. The van der Waals surface area contributed by atoms with Gasteiger partial charge in [0, 0.05) is 12.6 Å². The predicted molar refractivity (Wildman–Crippen MR) is 118 cm³/mol. The van der Waals surface area contributed by atoms with Crippen LogP contribution in [0.3, 0.4) is 0 Å². The topological polar surface area (TPSA) is 87.7 Å². The summed E-state index contributed by atoms with van der Waals surface area (Å²) in [7, 11) is 0. The molecule has 0 aliphatic rings. The molecule has 0 aromatic heterocycles. The first kappa shape index (κ1) is 25.2. The van der Waals surface area contributed by atoms with E-state index in [0.717, 1.165) is 11.1 Å². The van der Waals surface area contributed by atoms with Gasteiger partial charge >= 0.3 is 6.09 Å². The fourth-order valence-corrected chi connectivity index (χ4v) is 2.82. The molecule has 0 fully saturated rings. The van der Waals surface area contributed by atoms with Gasteiger partial charge in [-0.15, -0.1) is 6.58 Å². The molecule has 7 nitrogen and oxygen atoms in total. The summed E-state index contributed by atoms with van der Waals surface area (Å²) in [6.45, 7) is 16.5. The maximum Gasteiger partial charge on any atom is 0.408 e. The second-order valence-electron chi connectivity index (χ2n) is 8.60. The van der Waals surface area contributed by atoms with E-state index in [9.17, 15) is 14.4 Å². The number of nitrogens with zero attached hydrogens (tertiary/aromatic N) is 1. The normalized spacial score (nSPS) is 12.1. The number of amides is 3. The van der Waals surface area contributed by atoms with Gasteiger partial charge < -0.3 is 20.3 Å². The van der Waals surface area contributed by atoms with Gasteiger partial charge in [-0.05, 0) is 65.2 Å². The number of carbonyl (C=O) groups excluding carboxylic acids is 3. The molecule has 0 saturated carbocycles. The average Bonchev–Trinajstić information content (AvgIpc) is 2.60. The van der Waals surface area contributed by atoms with Crippen LogP contribution in [-0.2, 0) is 14.3 Å². The van der Waals surface area contributed by atoms with Gasteiger partial charge in [0.25, 0.3) is 0 Å². The van der Waals surface area contributed by atoms with Crippen LogP contribution < -0.4 is 10.6 Å². The van der Waals surface area contributed by atoms with Crippen LogP contribution in [0.4, 0.5) is 4.79 Å². The summed E-state index contributed by atoms with van der Waals surface area (Å²) in [5, 5.41) is 5.35. The molecule has 0 bridgehead atoms. The van der Waals surface area contributed by atoms with Crippen LogP contribution in [0.25, 0.3) is 0 Å². The Hall–Kier alpha value is -2.83. The highest BCUT2D eigenvalue weighted by Gasteiger charge is 2.31. The smallest absolute Gasteiger partial charge is 0.408 e. The minimum atomic E-state index is -0.849. The van der Waals surface area contributed by atoms with Crippen molar-refractivity contribution in [1.82, 2.24) is 15.5 Å². The number of alkyl carbamates (subject to hydrolysis) is 1. The molecular weight excluding hydrogens is 382 g/mol. The van der Waals surface area contributed by atoms with E-state index >= 15 is 0 Å². The van der Waals surface area contributed by atoms with Crippen molar-refractivity contribution in [2.45, 2.75) is 66.2 Å². The van der Waals surface area contributed by atoms with E-state index in [4.69, 9.17) is 4.74 Å². The van der Waals surface area contributed by atoms with Crippen LogP contribution in [0.1, 0.15) is 57.4 Å². The quantitative estimate of drug-likeness (QED) is 0.635. The number of carbonyl (C=O) groups is 3. The van der Waals surface area contributed by atoms with Crippen molar-refractivity contribution >= 4 is 17.9 Å². The van der Waals surface area contributed by atoms with Crippen molar-refractivity contribution in [3.63, 3.8) is 0 Å². The standard InChI is InChI=1S/C23H35N3O4/c1-9-12-26(19(27)14-24-22(29)30-23(6,7)8)20(21(28)25-15(2)3)18-11-10-16(4)17(5)13-18/h9-11,13,15,20H,1,12,14H2,2-8H3,(H,24,29)(H,25,28). The monoisotopic (exact) mass is 417 g/mol. The molecular formula is C23H35N3O4. The number of benzene rings is 1. The van der Waals surface area contributed by atoms with Crippen LogP contribution in [0.2, 0.25) is 0 Å². The molecule has 0 spiro atoms. The Balaban J connectivity index is 3.18. The first-order valence-corrected chi connectivity index (χ1v) is 10.1. The highest BCUT2D eigenvalue weighted by atomic mass is 16.6. The van der Waals surface area contributed by atoms with E-state index in [2.05, 4.69) is 17.2 Å². The van der Waals surface area contributed by atoms with E-state index in [1.807, 2.05) is 45.9 Å². The molecule has 0 radical (unpaired) electrons. The summed E-state index contributed by atoms with van der Waals surface area (Å²) in [6, 6.07) is 4.74. The molecule has 7 heteroatoms. The van der Waals surface area contributed by atoms with Crippen LogP contribution in [0, 0.1) is 13.8 Å². The van der Waals surface area contributed by atoms with E-state index in [1.165, 1.54) is 4.90 Å². The van der Waals surface area contributed by atoms with Gasteiger partial charge in [0.2, 0.25) is 11.8 Å². The van der Waals surface area contributed by atoms with Crippen molar-refractivity contribution in [3.05, 3.63) is 47.5 Å². The lowest BCUT2D eigenvalue weighted by molar-refractivity contribution is -0.139. The van der Waals surface area contributed by atoms with Gasteiger partial charge in [-0.1, -0.05) is 24.3 Å².